The molecular formula is C26H24ClN3O2S2. The number of nitrogens with one attached hydrogen (secondary N) is 1. The van der Waals surface area contributed by atoms with E-state index in [1.165, 1.54) is 16.6 Å². The first-order valence-electron chi connectivity index (χ1n) is 11.2. The molecular weight excluding hydrogens is 486 g/mol. The average molecular weight is 510 g/mol. The van der Waals surface area contributed by atoms with E-state index in [0.29, 0.717) is 15.9 Å². The van der Waals surface area contributed by atoms with Gasteiger partial charge in [0.05, 0.1) is 27.5 Å². The molecule has 174 valence electrons. The zero-order valence-electron chi connectivity index (χ0n) is 19.0. The number of anilines is 1. The number of para-hydroxylation sites is 1. The third-order valence-electron chi connectivity index (χ3n) is 5.90. The van der Waals surface area contributed by atoms with E-state index in [-0.39, 0.29) is 17.2 Å². The predicted octanol–water partition coefficient (Wildman–Crippen LogP) is 6.33. The maximum Gasteiger partial charge on any atom is 0.267 e. The van der Waals surface area contributed by atoms with Crippen LogP contribution in [0.2, 0.25) is 5.02 Å². The number of rotatable bonds is 5. The molecule has 0 spiro atoms. The molecule has 5 nitrogen and oxygen atoms in total. The topological polar surface area (TPSA) is 64.0 Å². The average Bonchev–Trinajstić information content (AvgIpc) is 3.17. The maximum atomic E-state index is 13.9. The molecule has 1 amide bonds. The van der Waals surface area contributed by atoms with Gasteiger partial charge in [0.25, 0.3) is 5.56 Å². The first-order chi connectivity index (χ1) is 16.4. The third-order valence-corrected chi connectivity index (χ3v) is 8.36. The Labute approximate surface area is 211 Å². The summed E-state index contributed by atoms with van der Waals surface area (Å²) in [5.74, 6) is -0.0936. The van der Waals surface area contributed by atoms with Crippen LogP contribution >= 0.6 is 34.7 Å². The first-order valence-corrected chi connectivity index (χ1v) is 13.4. The van der Waals surface area contributed by atoms with Crippen molar-refractivity contribution in [2.45, 2.75) is 44.7 Å². The smallest absolute Gasteiger partial charge is 0.267 e. The number of benzene rings is 2. The van der Waals surface area contributed by atoms with E-state index < -0.39 is 0 Å². The van der Waals surface area contributed by atoms with E-state index in [9.17, 15) is 9.59 Å². The lowest BCUT2D eigenvalue weighted by atomic mass is 9.97. The van der Waals surface area contributed by atoms with E-state index in [1.807, 2.05) is 38.1 Å². The lowest BCUT2D eigenvalue weighted by Gasteiger charge is -2.15. The molecule has 0 saturated heterocycles. The Morgan fingerprint density at radius 3 is 2.65 bits per heavy atom. The molecule has 0 radical (unpaired) electrons. The van der Waals surface area contributed by atoms with Gasteiger partial charge in [0.1, 0.15) is 4.83 Å². The summed E-state index contributed by atoms with van der Waals surface area (Å²) in [6.45, 7) is 4.04. The largest absolute Gasteiger partial charge is 0.324 e. The van der Waals surface area contributed by atoms with Gasteiger partial charge in [-0.1, -0.05) is 41.6 Å². The van der Waals surface area contributed by atoms with Gasteiger partial charge in [-0.05, 0) is 80.5 Å². The van der Waals surface area contributed by atoms with E-state index in [2.05, 4.69) is 11.4 Å². The summed E-state index contributed by atoms with van der Waals surface area (Å²) in [7, 11) is 0. The number of fused-ring (bicyclic) bond motifs is 3. The Hall–Kier alpha value is -2.61. The molecule has 0 aliphatic heterocycles. The van der Waals surface area contributed by atoms with E-state index in [4.69, 9.17) is 16.6 Å². The van der Waals surface area contributed by atoms with Crippen molar-refractivity contribution >= 4 is 56.5 Å². The second kappa shape index (κ2) is 9.56. The van der Waals surface area contributed by atoms with Gasteiger partial charge in [-0.15, -0.1) is 11.3 Å². The summed E-state index contributed by atoms with van der Waals surface area (Å²) in [6, 6.07) is 13.2. The van der Waals surface area contributed by atoms with Crippen LogP contribution in [0.5, 0.6) is 0 Å². The number of amides is 1. The molecule has 2 aromatic heterocycles. The number of carbonyl (C=O) groups excluding carboxylic acids is 1. The number of thioether (sulfide) groups is 1. The SMILES string of the molecule is Cc1cc(C)cc(-n2c(SCC(=O)Nc3ccccc3Cl)nc3sc4c(c3c2=O)CCCC4)c1. The molecule has 1 aliphatic carbocycles. The van der Waals surface area contributed by atoms with Gasteiger partial charge in [0.2, 0.25) is 5.91 Å². The van der Waals surface area contributed by atoms with Gasteiger partial charge in [0.15, 0.2) is 5.16 Å². The van der Waals surface area contributed by atoms with Crippen LogP contribution in [-0.4, -0.2) is 21.2 Å². The van der Waals surface area contributed by atoms with Crippen LogP contribution in [0.4, 0.5) is 5.69 Å². The fourth-order valence-electron chi connectivity index (χ4n) is 4.47. The summed E-state index contributed by atoms with van der Waals surface area (Å²) >= 11 is 9.06. The van der Waals surface area contributed by atoms with Gasteiger partial charge < -0.3 is 5.32 Å². The Morgan fingerprint density at radius 1 is 1.15 bits per heavy atom. The van der Waals surface area contributed by atoms with Crippen LogP contribution in [0, 0.1) is 13.8 Å². The van der Waals surface area contributed by atoms with Gasteiger partial charge >= 0.3 is 0 Å². The highest BCUT2D eigenvalue weighted by Gasteiger charge is 2.23. The van der Waals surface area contributed by atoms with E-state index in [0.717, 1.165) is 58.3 Å². The number of aryl methyl sites for hydroxylation is 4. The molecule has 5 rings (SSSR count). The molecule has 1 aliphatic rings. The van der Waals surface area contributed by atoms with Gasteiger partial charge in [-0.2, -0.15) is 0 Å². The van der Waals surface area contributed by atoms with Crippen molar-refractivity contribution in [1.29, 1.82) is 0 Å². The standard InChI is InChI=1S/C26H24ClN3O2S2/c1-15-11-16(2)13-17(12-15)30-25(32)23-18-7-3-6-10-21(18)34-24(23)29-26(30)33-14-22(31)28-20-9-5-4-8-19(20)27/h4-5,8-9,11-13H,3,6-7,10,14H2,1-2H3,(H,28,31). The van der Waals surface area contributed by atoms with Crippen molar-refractivity contribution in [3.05, 3.63) is 79.4 Å². The number of carbonyl (C=O) groups is 1. The first kappa shape index (κ1) is 23.1. The normalized spacial score (nSPS) is 13.1. The lowest BCUT2D eigenvalue weighted by molar-refractivity contribution is -0.113. The Morgan fingerprint density at radius 2 is 1.88 bits per heavy atom. The summed E-state index contributed by atoms with van der Waals surface area (Å²) in [5.41, 5.74) is 4.60. The van der Waals surface area contributed by atoms with Crippen LogP contribution < -0.4 is 10.9 Å². The minimum absolute atomic E-state index is 0.0524. The number of hydrogen-bond acceptors (Lipinski definition) is 5. The fourth-order valence-corrected chi connectivity index (χ4v) is 6.77. The quantitative estimate of drug-likeness (QED) is 0.252. The van der Waals surface area contributed by atoms with Crippen LogP contribution in [-0.2, 0) is 17.6 Å². The predicted molar refractivity (Wildman–Crippen MR) is 142 cm³/mol. The monoisotopic (exact) mass is 509 g/mol. The van der Waals surface area contributed by atoms with Gasteiger partial charge in [-0.25, -0.2) is 4.98 Å². The minimum atomic E-state index is -0.204. The molecule has 2 aromatic carbocycles. The number of hydrogen-bond donors (Lipinski definition) is 1. The Bertz CT molecular complexity index is 1450. The fraction of sp³-hybridized carbons (Fsp3) is 0.269. The highest BCUT2D eigenvalue weighted by atomic mass is 35.5. The van der Waals surface area contributed by atoms with Crippen molar-refractivity contribution in [3.63, 3.8) is 0 Å². The molecule has 4 aromatic rings. The summed E-state index contributed by atoms with van der Waals surface area (Å²) in [4.78, 5) is 33.5. The van der Waals surface area contributed by atoms with Crippen LogP contribution in [0.15, 0.2) is 52.4 Å². The van der Waals surface area contributed by atoms with Gasteiger partial charge in [-0.3, -0.25) is 14.2 Å². The van der Waals surface area contributed by atoms with Crippen molar-refractivity contribution in [1.82, 2.24) is 9.55 Å². The Kier molecular flexibility index (Phi) is 6.51. The van der Waals surface area contributed by atoms with Crippen molar-refractivity contribution < 1.29 is 4.79 Å². The van der Waals surface area contributed by atoms with Crippen LogP contribution in [0.25, 0.3) is 15.9 Å². The number of halogens is 1. The maximum absolute atomic E-state index is 13.9. The van der Waals surface area contributed by atoms with E-state index in [1.54, 1.807) is 28.0 Å². The molecule has 0 unspecified atom stereocenters. The molecule has 0 bridgehead atoms. The summed E-state index contributed by atoms with van der Waals surface area (Å²) in [5, 5.41) is 4.59. The second-order valence-corrected chi connectivity index (χ2v) is 11.0. The minimum Gasteiger partial charge on any atom is -0.324 e. The number of thiophene rings is 1. The van der Waals surface area contributed by atoms with Crippen molar-refractivity contribution in [3.8, 4) is 5.69 Å². The molecule has 1 N–H and O–H groups in total. The molecule has 8 heteroatoms. The zero-order chi connectivity index (χ0) is 23.8. The summed E-state index contributed by atoms with van der Waals surface area (Å²) < 4.78 is 1.68. The zero-order valence-corrected chi connectivity index (χ0v) is 21.4. The van der Waals surface area contributed by atoms with Crippen LogP contribution in [0.3, 0.4) is 0 Å². The van der Waals surface area contributed by atoms with E-state index >= 15 is 0 Å². The lowest BCUT2D eigenvalue weighted by Crippen LogP contribution is -2.23. The molecule has 34 heavy (non-hydrogen) atoms. The highest BCUT2D eigenvalue weighted by Crippen LogP contribution is 2.35. The van der Waals surface area contributed by atoms with Crippen LogP contribution in [0.1, 0.15) is 34.4 Å². The van der Waals surface area contributed by atoms with Crippen molar-refractivity contribution in [2.24, 2.45) is 0 Å². The second-order valence-electron chi connectivity index (χ2n) is 8.59. The third kappa shape index (κ3) is 4.52. The number of aromatic nitrogens is 2. The summed E-state index contributed by atoms with van der Waals surface area (Å²) in [6.07, 6.45) is 4.17. The molecule has 2 heterocycles. The highest BCUT2D eigenvalue weighted by molar-refractivity contribution is 7.99. The Balaban J connectivity index is 1.56. The molecule has 0 fully saturated rings. The molecule has 0 atom stereocenters. The van der Waals surface area contributed by atoms with Gasteiger partial charge in [0, 0.05) is 4.88 Å². The van der Waals surface area contributed by atoms with Crippen molar-refractivity contribution in [2.75, 3.05) is 11.1 Å². The molecule has 0 saturated carbocycles. The number of nitrogens with zero attached hydrogens (tertiary/aromatic N) is 2.